The van der Waals surface area contributed by atoms with E-state index in [9.17, 15) is 9.00 Å². The maximum atomic E-state index is 13.6. The molecule has 1 atom stereocenters. The van der Waals surface area contributed by atoms with Gasteiger partial charge in [0.05, 0.1) is 28.2 Å². The Bertz CT molecular complexity index is 938. The molecule has 7 heteroatoms. The number of nitrogens with one attached hydrogen (secondary N) is 1. The normalized spacial score (nSPS) is 20.9. The molecule has 1 saturated carbocycles. The second-order valence-corrected chi connectivity index (χ2v) is 10.7. The van der Waals surface area contributed by atoms with Crippen LogP contribution < -0.4 is 5.32 Å². The number of benzene rings is 1. The van der Waals surface area contributed by atoms with E-state index < -0.39 is 16.2 Å². The van der Waals surface area contributed by atoms with Crippen molar-refractivity contribution in [3.05, 3.63) is 46.1 Å². The van der Waals surface area contributed by atoms with Crippen LogP contribution in [0.2, 0.25) is 5.02 Å². The first kappa shape index (κ1) is 19.6. The largest absolute Gasteiger partial charge is 0.310 e. The maximum absolute atomic E-state index is 13.6. The number of rotatable bonds is 3. The molecule has 150 valence electrons. The molecular formula is C21H26ClN3O2S. The smallest absolute Gasteiger partial charge is 0.236 e. The van der Waals surface area contributed by atoms with Crippen molar-refractivity contribution < 1.29 is 9.00 Å². The van der Waals surface area contributed by atoms with Crippen molar-refractivity contribution in [2.24, 2.45) is 0 Å². The third-order valence-corrected chi connectivity index (χ3v) is 7.28. The van der Waals surface area contributed by atoms with Gasteiger partial charge in [-0.15, -0.1) is 0 Å². The van der Waals surface area contributed by atoms with E-state index in [1.54, 1.807) is 0 Å². The lowest BCUT2D eigenvalue weighted by atomic mass is 9.78. The maximum Gasteiger partial charge on any atom is 0.236 e. The van der Waals surface area contributed by atoms with Gasteiger partial charge in [0.1, 0.15) is 5.82 Å². The topological polar surface area (TPSA) is 64.0 Å². The molecule has 5 nitrogen and oxygen atoms in total. The van der Waals surface area contributed by atoms with E-state index in [0.717, 1.165) is 42.5 Å². The van der Waals surface area contributed by atoms with E-state index in [-0.39, 0.29) is 11.4 Å². The SMILES string of the molecule is CC(C)(C)n1nc2c(c1NC(=O)C1(c3ccc(Cl)cc3)CCCC1)C[S@@](=O)C2. The Hall–Kier alpha value is -1.66. The van der Waals surface area contributed by atoms with Crippen LogP contribution >= 0.6 is 11.6 Å². The second-order valence-electron chi connectivity index (χ2n) is 8.84. The van der Waals surface area contributed by atoms with Crippen LogP contribution in [0, 0.1) is 0 Å². The summed E-state index contributed by atoms with van der Waals surface area (Å²) >= 11 is 6.07. The third kappa shape index (κ3) is 3.30. The van der Waals surface area contributed by atoms with Crippen LogP contribution in [0.15, 0.2) is 24.3 Å². The van der Waals surface area contributed by atoms with Crippen molar-refractivity contribution >= 4 is 34.1 Å². The molecule has 0 saturated heterocycles. The quantitative estimate of drug-likeness (QED) is 0.796. The van der Waals surface area contributed by atoms with Crippen LogP contribution in [0.25, 0.3) is 0 Å². The zero-order chi connectivity index (χ0) is 20.1. The van der Waals surface area contributed by atoms with E-state index in [4.69, 9.17) is 16.7 Å². The molecule has 1 amide bonds. The highest BCUT2D eigenvalue weighted by Gasteiger charge is 2.44. The van der Waals surface area contributed by atoms with Crippen LogP contribution in [0.3, 0.4) is 0 Å². The van der Waals surface area contributed by atoms with Gasteiger partial charge < -0.3 is 5.32 Å². The van der Waals surface area contributed by atoms with Gasteiger partial charge in [-0.3, -0.25) is 9.00 Å². The minimum absolute atomic E-state index is 0.00166. The molecule has 1 fully saturated rings. The number of fused-ring (bicyclic) bond motifs is 1. The fourth-order valence-electron chi connectivity index (χ4n) is 4.36. The highest BCUT2D eigenvalue weighted by Crippen LogP contribution is 2.43. The summed E-state index contributed by atoms with van der Waals surface area (Å²) in [6.07, 6.45) is 3.68. The van der Waals surface area contributed by atoms with Gasteiger partial charge in [0.25, 0.3) is 0 Å². The summed E-state index contributed by atoms with van der Waals surface area (Å²) in [6, 6.07) is 7.64. The fourth-order valence-corrected chi connectivity index (χ4v) is 5.75. The van der Waals surface area contributed by atoms with E-state index in [2.05, 4.69) is 26.1 Å². The van der Waals surface area contributed by atoms with Gasteiger partial charge in [-0.05, 0) is 51.3 Å². The summed E-state index contributed by atoms with van der Waals surface area (Å²) in [6.45, 7) is 6.19. The van der Waals surface area contributed by atoms with Crippen molar-refractivity contribution in [2.75, 3.05) is 5.32 Å². The summed E-state index contributed by atoms with van der Waals surface area (Å²) in [4.78, 5) is 13.6. The Morgan fingerprint density at radius 1 is 1.18 bits per heavy atom. The van der Waals surface area contributed by atoms with Crippen molar-refractivity contribution in [2.45, 2.75) is 68.9 Å². The summed E-state index contributed by atoms with van der Waals surface area (Å²) < 4.78 is 14.0. The molecule has 0 spiro atoms. The number of hydrogen-bond donors (Lipinski definition) is 1. The number of carbonyl (C=O) groups is 1. The first-order chi connectivity index (χ1) is 13.2. The third-order valence-electron chi connectivity index (χ3n) is 5.83. The monoisotopic (exact) mass is 419 g/mol. The molecule has 0 radical (unpaired) electrons. The zero-order valence-corrected chi connectivity index (χ0v) is 18.1. The number of aromatic nitrogens is 2. The molecule has 1 aliphatic heterocycles. The Labute approximate surface area is 173 Å². The summed E-state index contributed by atoms with van der Waals surface area (Å²) in [7, 11) is -0.941. The van der Waals surface area contributed by atoms with Crippen LogP contribution in [0.5, 0.6) is 0 Å². The van der Waals surface area contributed by atoms with E-state index in [1.807, 2.05) is 28.9 Å². The summed E-state index contributed by atoms with van der Waals surface area (Å²) in [5.41, 5.74) is 1.94. The molecule has 0 unspecified atom stereocenters. The number of hydrogen-bond acceptors (Lipinski definition) is 3. The zero-order valence-electron chi connectivity index (χ0n) is 16.5. The average Bonchev–Trinajstić information content (AvgIpc) is 3.31. The molecule has 4 rings (SSSR count). The van der Waals surface area contributed by atoms with Crippen LogP contribution in [-0.2, 0) is 38.1 Å². The van der Waals surface area contributed by atoms with E-state index >= 15 is 0 Å². The molecule has 2 heterocycles. The highest BCUT2D eigenvalue weighted by molar-refractivity contribution is 7.83. The predicted octanol–water partition coefficient (Wildman–Crippen LogP) is 4.50. The first-order valence-electron chi connectivity index (χ1n) is 9.74. The average molecular weight is 420 g/mol. The Morgan fingerprint density at radius 2 is 1.82 bits per heavy atom. The molecule has 1 N–H and O–H groups in total. The number of nitrogens with zero attached hydrogens (tertiary/aromatic N) is 2. The lowest BCUT2D eigenvalue weighted by Crippen LogP contribution is -2.39. The van der Waals surface area contributed by atoms with Crippen molar-refractivity contribution in [1.82, 2.24) is 9.78 Å². The molecule has 2 aliphatic rings. The van der Waals surface area contributed by atoms with Crippen molar-refractivity contribution in [3.63, 3.8) is 0 Å². The molecule has 2 aromatic rings. The van der Waals surface area contributed by atoms with Crippen LogP contribution in [0.4, 0.5) is 5.82 Å². The Balaban J connectivity index is 1.73. The number of halogens is 1. The van der Waals surface area contributed by atoms with Crippen molar-refractivity contribution in [3.8, 4) is 0 Å². The molecule has 1 aliphatic carbocycles. The fraction of sp³-hybridized carbons (Fsp3) is 0.524. The van der Waals surface area contributed by atoms with E-state index in [1.165, 1.54) is 0 Å². The summed E-state index contributed by atoms with van der Waals surface area (Å²) in [5, 5.41) is 8.57. The van der Waals surface area contributed by atoms with Gasteiger partial charge in [-0.1, -0.05) is 36.6 Å². The molecule has 28 heavy (non-hydrogen) atoms. The van der Waals surface area contributed by atoms with Crippen molar-refractivity contribution in [1.29, 1.82) is 0 Å². The molecular weight excluding hydrogens is 394 g/mol. The lowest BCUT2D eigenvalue weighted by molar-refractivity contribution is -0.121. The van der Waals surface area contributed by atoms with E-state index in [0.29, 0.717) is 22.3 Å². The second kappa shape index (κ2) is 6.99. The van der Waals surface area contributed by atoms with Gasteiger partial charge in [0.15, 0.2) is 0 Å². The van der Waals surface area contributed by atoms with Crippen LogP contribution in [0.1, 0.15) is 63.3 Å². The van der Waals surface area contributed by atoms with Gasteiger partial charge in [0.2, 0.25) is 5.91 Å². The number of amides is 1. The van der Waals surface area contributed by atoms with Gasteiger partial charge >= 0.3 is 0 Å². The Kier molecular flexibility index (Phi) is 4.91. The Morgan fingerprint density at radius 3 is 2.43 bits per heavy atom. The lowest BCUT2D eigenvalue weighted by Gasteiger charge is -2.30. The predicted molar refractivity (Wildman–Crippen MR) is 113 cm³/mol. The van der Waals surface area contributed by atoms with Gasteiger partial charge in [0, 0.05) is 21.4 Å². The summed E-state index contributed by atoms with van der Waals surface area (Å²) in [5.74, 6) is 1.62. The standard InChI is InChI=1S/C21H26ClN3O2S/c1-20(2,3)25-18(16-12-28(27)13-17(16)24-25)23-19(26)21(10-4-5-11-21)14-6-8-15(22)9-7-14/h6-9H,4-5,10-13H2,1-3H3,(H,23,26)/t28-/m1/s1. The molecule has 1 aromatic heterocycles. The van der Waals surface area contributed by atoms with Gasteiger partial charge in [-0.25, -0.2) is 4.68 Å². The minimum Gasteiger partial charge on any atom is -0.310 e. The highest BCUT2D eigenvalue weighted by atomic mass is 35.5. The number of anilines is 1. The molecule has 1 aromatic carbocycles. The number of carbonyl (C=O) groups excluding carboxylic acids is 1. The van der Waals surface area contributed by atoms with Crippen LogP contribution in [-0.4, -0.2) is 19.9 Å². The van der Waals surface area contributed by atoms with Gasteiger partial charge in [-0.2, -0.15) is 5.10 Å². The minimum atomic E-state index is -0.941. The molecule has 0 bridgehead atoms. The first-order valence-corrected chi connectivity index (χ1v) is 11.6.